The number of allylic oxidation sites excluding steroid dienone is 6. The lowest BCUT2D eigenvalue weighted by Crippen LogP contribution is -2.52. The summed E-state index contributed by atoms with van der Waals surface area (Å²) in [5, 5.41) is 15.9. The second-order valence-corrected chi connectivity index (χ2v) is 4.92. The van der Waals surface area contributed by atoms with E-state index in [1.165, 1.54) is 12.5 Å². The Hall–Kier alpha value is -2.11. The van der Waals surface area contributed by atoms with Crippen molar-refractivity contribution >= 4 is 11.8 Å². The molecule has 0 aromatic carbocycles. The van der Waals surface area contributed by atoms with E-state index in [9.17, 15) is 4.39 Å². The minimum atomic E-state index is -1.45. The maximum atomic E-state index is 13.2. The van der Waals surface area contributed by atoms with Gasteiger partial charge in [-0.15, -0.1) is 0 Å². The molecule has 0 saturated heterocycles. The average molecular weight is 293 g/mol. The lowest BCUT2D eigenvalue weighted by Gasteiger charge is -2.25. The van der Waals surface area contributed by atoms with E-state index in [4.69, 9.17) is 16.6 Å². The van der Waals surface area contributed by atoms with Crippen LogP contribution in [0.15, 0.2) is 36.0 Å². The Labute approximate surface area is 125 Å². The molecule has 21 heavy (non-hydrogen) atoms. The van der Waals surface area contributed by atoms with E-state index < -0.39 is 12.3 Å². The summed E-state index contributed by atoms with van der Waals surface area (Å²) >= 11 is 0. The third-order valence-corrected chi connectivity index (χ3v) is 3.06. The van der Waals surface area contributed by atoms with Gasteiger partial charge in [-0.25, -0.2) is 9.40 Å². The van der Waals surface area contributed by atoms with Crippen molar-refractivity contribution in [3.63, 3.8) is 0 Å². The van der Waals surface area contributed by atoms with Crippen molar-refractivity contribution in [2.75, 3.05) is 0 Å². The number of rotatable bonds is 5. The van der Waals surface area contributed by atoms with Gasteiger partial charge >= 0.3 is 0 Å². The first kappa shape index (κ1) is 16.9. The number of guanidine groups is 1. The highest BCUT2D eigenvalue weighted by Crippen LogP contribution is 2.13. The lowest BCUT2D eigenvalue weighted by atomic mass is 10.0. The number of hydrogen-bond acceptors (Lipinski definition) is 2. The summed E-state index contributed by atoms with van der Waals surface area (Å²) in [7, 11) is 0. The lowest BCUT2D eigenvalue weighted by molar-refractivity contribution is 0.145. The molecule has 1 aliphatic carbocycles. The van der Waals surface area contributed by atoms with Gasteiger partial charge in [0.25, 0.3) is 0 Å². The Morgan fingerprint density at radius 2 is 2.19 bits per heavy atom. The van der Waals surface area contributed by atoms with Gasteiger partial charge in [0.1, 0.15) is 5.84 Å². The second kappa shape index (κ2) is 8.94. The van der Waals surface area contributed by atoms with Crippen LogP contribution in [-0.2, 0) is 0 Å². The zero-order valence-electron chi connectivity index (χ0n) is 12.4. The van der Waals surface area contributed by atoms with Crippen LogP contribution in [-0.4, -0.2) is 23.1 Å². The summed E-state index contributed by atoms with van der Waals surface area (Å²) in [5.74, 6) is -0.280. The number of nitrogens with zero attached hydrogens (tertiary/aromatic N) is 1. The number of amidine groups is 1. The molecule has 6 heteroatoms. The summed E-state index contributed by atoms with van der Waals surface area (Å²) in [6.07, 6.45) is 13.3. The third kappa shape index (κ3) is 6.74. The van der Waals surface area contributed by atoms with Crippen molar-refractivity contribution < 1.29 is 4.39 Å². The predicted octanol–water partition coefficient (Wildman–Crippen LogP) is 2.98. The Balaban J connectivity index is 2.36. The molecule has 5 nitrogen and oxygen atoms in total. The summed E-state index contributed by atoms with van der Waals surface area (Å²) in [5.41, 5.74) is 9.03. The molecule has 1 aliphatic rings. The Bertz CT molecular complexity index is 451. The summed E-state index contributed by atoms with van der Waals surface area (Å²) in [6.45, 7) is 1.26. The smallest absolute Gasteiger partial charge is 0.210 e. The molecular formula is C15H24FN5. The zero-order valence-corrected chi connectivity index (χ0v) is 12.4. The molecule has 0 aliphatic heterocycles. The van der Waals surface area contributed by atoms with Crippen LogP contribution in [0.25, 0.3) is 0 Å². The molecule has 0 aromatic heterocycles. The number of halogens is 1. The van der Waals surface area contributed by atoms with Gasteiger partial charge in [-0.05, 0) is 32.6 Å². The van der Waals surface area contributed by atoms with Crippen molar-refractivity contribution in [3.05, 3.63) is 36.0 Å². The molecule has 0 aromatic rings. The molecule has 0 bridgehead atoms. The van der Waals surface area contributed by atoms with Gasteiger partial charge in [-0.3, -0.25) is 16.2 Å². The maximum Gasteiger partial charge on any atom is 0.210 e. The standard InChI is InChI=1S/C15H24FN5/c1-12(16)21(15(18)19)20-14(17)11-7-10-13-8-5-3-2-4-6-9-13/h2-3,5,8-9,12H,4,6-7,10-11H2,1H3,(H2,17,20)(H3,18,19). The van der Waals surface area contributed by atoms with E-state index in [2.05, 4.69) is 23.7 Å². The van der Waals surface area contributed by atoms with E-state index >= 15 is 0 Å². The normalized spacial score (nSPS) is 15.6. The topological polar surface area (TPSA) is 89.0 Å². The monoisotopic (exact) mass is 293 g/mol. The van der Waals surface area contributed by atoms with Crippen LogP contribution in [0.2, 0.25) is 0 Å². The van der Waals surface area contributed by atoms with E-state index in [1.807, 2.05) is 12.2 Å². The molecule has 0 amide bonds. The highest BCUT2D eigenvalue weighted by Gasteiger charge is 2.14. The highest BCUT2D eigenvalue weighted by molar-refractivity contribution is 5.83. The van der Waals surface area contributed by atoms with Crippen molar-refractivity contribution in [1.29, 1.82) is 10.8 Å². The fraction of sp³-hybridized carbons (Fsp3) is 0.467. The molecule has 1 atom stereocenters. The average Bonchev–Trinajstić information content (AvgIpc) is 2.37. The van der Waals surface area contributed by atoms with Gasteiger partial charge in [0, 0.05) is 6.42 Å². The highest BCUT2D eigenvalue weighted by atomic mass is 19.1. The molecule has 0 saturated carbocycles. The van der Waals surface area contributed by atoms with E-state index in [0.717, 1.165) is 30.7 Å². The van der Waals surface area contributed by atoms with Gasteiger partial charge < -0.3 is 5.73 Å². The van der Waals surface area contributed by atoms with Crippen LogP contribution < -0.4 is 11.2 Å². The van der Waals surface area contributed by atoms with Crippen molar-refractivity contribution in [2.24, 2.45) is 5.73 Å². The number of alkyl halides is 1. The summed E-state index contributed by atoms with van der Waals surface area (Å²) in [6, 6.07) is 0. The van der Waals surface area contributed by atoms with Gasteiger partial charge in [-0.1, -0.05) is 36.0 Å². The van der Waals surface area contributed by atoms with Crippen LogP contribution in [0, 0.1) is 10.8 Å². The minimum Gasteiger partial charge on any atom is -0.368 e. The zero-order chi connectivity index (χ0) is 15.7. The summed E-state index contributed by atoms with van der Waals surface area (Å²) < 4.78 is 13.2. The van der Waals surface area contributed by atoms with E-state index in [1.54, 1.807) is 0 Å². The molecule has 116 valence electrons. The second-order valence-electron chi connectivity index (χ2n) is 4.92. The van der Waals surface area contributed by atoms with Crippen LogP contribution >= 0.6 is 0 Å². The van der Waals surface area contributed by atoms with E-state index in [-0.39, 0.29) is 5.84 Å². The number of nitrogens with one attached hydrogen (secondary N) is 3. The number of nitrogens with two attached hydrogens (primary N) is 1. The SMILES string of the molecule is CC(F)N(NC(=N)CCCC1=CCCC=CC=C1)C(=N)N. The van der Waals surface area contributed by atoms with Crippen molar-refractivity contribution in [1.82, 2.24) is 10.4 Å². The first-order valence-electron chi connectivity index (χ1n) is 7.14. The van der Waals surface area contributed by atoms with Gasteiger partial charge in [-0.2, -0.15) is 0 Å². The molecule has 1 unspecified atom stereocenters. The fourth-order valence-electron chi connectivity index (χ4n) is 1.98. The van der Waals surface area contributed by atoms with Crippen LogP contribution in [0.1, 0.15) is 39.0 Å². The molecular weight excluding hydrogens is 269 g/mol. The number of hydrazine groups is 1. The Morgan fingerprint density at radius 3 is 2.86 bits per heavy atom. The molecule has 1 rings (SSSR count). The van der Waals surface area contributed by atoms with Gasteiger partial charge in [0.2, 0.25) is 5.96 Å². The van der Waals surface area contributed by atoms with Gasteiger partial charge in [0.05, 0.1) is 0 Å². The van der Waals surface area contributed by atoms with Crippen LogP contribution in [0.4, 0.5) is 4.39 Å². The molecule has 0 fully saturated rings. The maximum absolute atomic E-state index is 13.2. The molecule has 0 radical (unpaired) electrons. The molecule has 5 N–H and O–H groups in total. The van der Waals surface area contributed by atoms with Crippen LogP contribution in [0.5, 0.6) is 0 Å². The first-order chi connectivity index (χ1) is 10.0. The predicted molar refractivity (Wildman–Crippen MR) is 84.6 cm³/mol. The molecule has 0 spiro atoms. The minimum absolute atomic E-state index is 0.157. The fourth-order valence-corrected chi connectivity index (χ4v) is 1.98. The summed E-state index contributed by atoms with van der Waals surface area (Å²) in [4.78, 5) is 0. The van der Waals surface area contributed by atoms with Crippen molar-refractivity contribution in [3.8, 4) is 0 Å². The van der Waals surface area contributed by atoms with Gasteiger partial charge in [0.15, 0.2) is 6.30 Å². The van der Waals surface area contributed by atoms with Crippen LogP contribution in [0.3, 0.4) is 0 Å². The Morgan fingerprint density at radius 1 is 1.43 bits per heavy atom. The number of hydrogen-bond donors (Lipinski definition) is 4. The van der Waals surface area contributed by atoms with Crippen molar-refractivity contribution in [2.45, 2.75) is 45.3 Å². The third-order valence-electron chi connectivity index (χ3n) is 3.06. The first-order valence-corrected chi connectivity index (χ1v) is 7.14. The largest absolute Gasteiger partial charge is 0.368 e. The quantitative estimate of drug-likeness (QED) is 0.272. The molecule has 0 heterocycles. The van der Waals surface area contributed by atoms with E-state index in [0.29, 0.717) is 6.42 Å². The Kier molecular flexibility index (Phi) is 7.21.